The molecular weight excluding hydrogens is 549 g/mol. The van der Waals surface area contributed by atoms with Crippen LogP contribution in [0.3, 0.4) is 0 Å². The van der Waals surface area contributed by atoms with Crippen molar-refractivity contribution in [2.45, 2.75) is 64.6 Å². The molecule has 0 radical (unpaired) electrons. The van der Waals surface area contributed by atoms with Crippen molar-refractivity contribution in [3.63, 3.8) is 0 Å². The lowest BCUT2D eigenvalue weighted by atomic mass is 9.98. The number of halogens is 4. The summed E-state index contributed by atoms with van der Waals surface area (Å²) >= 11 is 2.96. The average Bonchev–Trinajstić information content (AvgIpc) is 2.70. The van der Waals surface area contributed by atoms with Crippen LogP contribution in [0.5, 0.6) is 5.75 Å². The second-order valence-electron chi connectivity index (χ2n) is 7.32. The molecule has 1 saturated heterocycles. The molecule has 0 bridgehead atoms. The Bertz CT molecular complexity index is 967. The molecule has 0 amide bonds. The van der Waals surface area contributed by atoms with Crippen LogP contribution in [0.2, 0.25) is 0 Å². The molecule has 2 rings (SSSR count). The molecule has 1 aromatic rings. The third kappa shape index (κ3) is 8.09. The van der Waals surface area contributed by atoms with Crippen LogP contribution in [-0.2, 0) is 49.0 Å². The molecule has 1 aliphatic rings. The molecule has 0 aromatic heterocycles. The van der Waals surface area contributed by atoms with Gasteiger partial charge in [0.25, 0.3) is 0 Å². The van der Waals surface area contributed by atoms with Crippen LogP contribution in [0, 0.1) is 0 Å². The van der Waals surface area contributed by atoms with Crippen LogP contribution in [0.15, 0.2) is 22.7 Å². The zero-order chi connectivity index (χ0) is 26.5. The summed E-state index contributed by atoms with van der Waals surface area (Å²) in [6, 6.07) is 3.04. The highest BCUT2D eigenvalue weighted by Crippen LogP contribution is 2.40. The van der Waals surface area contributed by atoms with Crippen molar-refractivity contribution >= 4 is 39.8 Å². The number of alkyl halides is 3. The van der Waals surface area contributed by atoms with Gasteiger partial charge in [0.1, 0.15) is 18.5 Å². The van der Waals surface area contributed by atoms with Crippen molar-refractivity contribution in [1.82, 2.24) is 0 Å². The van der Waals surface area contributed by atoms with Gasteiger partial charge in [-0.1, -0.05) is 15.9 Å². The maximum atomic E-state index is 13.6. The summed E-state index contributed by atoms with van der Waals surface area (Å²) < 4.78 is 72.6. The minimum atomic E-state index is -4.84. The Morgan fingerprint density at radius 3 is 1.94 bits per heavy atom. The molecule has 1 fully saturated rings. The molecule has 10 nitrogen and oxygen atoms in total. The zero-order valence-corrected chi connectivity index (χ0v) is 20.5. The normalized spacial score (nSPS) is 24.2. The van der Waals surface area contributed by atoms with Crippen molar-refractivity contribution in [2.75, 3.05) is 6.61 Å². The van der Waals surface area contributed by atoms with Crippen LogP contribution in [0.25, 0.3) is 0 Å². The van der Waals surface area contributed by atoms with Crippen molar-refractivity contribution in [3.05, 3.63) is 28.2 Å². The summed E-state index contributed by atoms with van der Waals surface area (Å²) in [5, 5.41) is 0. The second-order valence-corrected chi connectivity index (χ2v) is 8.24. The highest BCUT2D eigenvalue weighted by atomic mass is 79.9. The summed E-state index contributed by atoms with van der Waals surface area (Å²) in [5.74, 6) is -4.10. The van der Waals surface area contributed by atoms with Crippen molar-refractivity contribution in [3.8, 4) is 5.75 Å². The minimum Gasteiger partial charge on any atom is -0.463 e. The van der Waals surface area contributed by atoms with E-state index >= 15 is 0 Å². The van der Waals surface area contributed by atoms with E-state index in [0.717, 1.165) is 39.8 Å². The SMILES string of the molecule is CC(=O)OC[C@H]1O[C@H](Oc2ccc(Br)cc2C(F)(F)F)[C@@H](OC(C)=O)[C@@H](OC(C)=O)[C@@H]1OC(C)=O. The fourth-order valence-corrected chi connectivity index (χ4v) is 3.60. The summed E-state index contributed by atoms with van der Waals surface area (Å²) in [7, 11) is 0. The third-order valence-corrected chi connectivity index (χ3v) is 4.93. The maximum Gasteiger partial charge on any atom is 0.420 e. The molecule has 194 valence electrons. The van der Waals surface area contributed by atoms with Gasteiger partial charge in [-0.2, -0.15) is 13.2 Å². The van der Waals surface area contributed by atoms with E-state index < -0.39 is 78.7 Å². The van der Waals surface area contributed by atoms with Gasteiger partial charge in [-0.25, -0.2) is 0 Å². The topological polar surface area (TPSA) is 124 Å². The Kier molecular flexibility index (Phi) is 9.49. The Morgan fingerprint density at radius 2 is 1.43 bits per heavy atom. The standard InChI is InChI=1S/C21H22BrF3O10/c1-9(26)30-8-16-17(31-10(2)27)18(32-11(3)28)19(33-12(4)29)20(35-16)34-15-6-5-13(22)7-14(15)21(23,24)25/h5-7,16-20H,8H2,1-4H3/t16-,17-,18+,19+,20+/m1/s1. The molecule has 0 N–H and O–H groups in total. The third-order valence-electron chi connectivity index (χ3n) is 4.44. The number of carbonyl (C=O) groups is 4. The van der Waals surface area contributed by atoms with E-state index in [1.54, 1.807) is 0 Å². The first-order valence-electron chi connectivity index (χ1n) is 10.0. The lowest BCUT2D eigenvalue weighted by molar-refractivity contribution is -0.289. The molecule has 1 heterocycles. The van der Waals surface area contributed by atoms with Gasteiger partial charge in [0.15, 0.2) is 12.2 Å². The van der Waals surface area contributed by atoms with E-state index in [1.165, 1.54) is 6.07 Å². The predicted octanol–water partition coefficient (Wildman–Crippen LogP) is 2.93. The van der Waals surface area contributed by atoms with Crippen molar-refractivity contribution in [2.24, 2.45) is 0 Å². The van der Waals surface area contributed by atoms with Gasteiger partial charge >= 0.3 is 30.1 Å². The fraction of sp³-hybridized carbons (Fsp3) is 0.524. The summed E-state index contributed by atoms with van der Waals surface area (Å²) in [6.45, 7) is 3.58. The average molecular weight is 571 g/mol. The molecule has 0 aliphatic carbocycles. The van der Waals surface area contributed by atoms with Crippen LogP contribution < -0.4 is 4.74 Å². The smallest absolute Gasteiger partial charge is 0.420 e. The van der Waals surface area contributed by atoms with Gasteiger partial charge in [0, 0.05) is 32.2 Å². The number of rotatable bonds is 7. The number of esters is 4. The van der Waals surface area contributed by atoms with E-state index in [-0.39, 0.29) is 4.47 Å². The molecule has 14 heteroatoms. The molecule has 0 saturated carbocycles. The van der Waals surface area contributed by atoms with Crippen LogP contribution >= 0.6 is 15.9 Å². The summed E-state index contributed by atoms with van der Waals surface area (Å²) in [6.07, 6.45) is -12.7. The first-order valence-corrected chi connectivity index (χ1v) is 10.8. The monoisotopic (exact) mass is 570 g/mol. The van der Waals surface area contributed by atoms with Crippen molar-refractivity contribution in [1.29, 1.82) is 0 Å². The molecule has 35 heavy (non-hydrogen) atoms. The Morgan fingerprint density at radius 1 is 0.886 bits per heavy atom. The number of hydrogen-bond donors (Lipinski definition) is 0. The largest absolute Gasteiger partial charge is 0.463 e. The number of benzene rings is 1. The maximum absolute atomic E-state index is 13.6. The quantitative estimate of drug-likeness (QED) is 0.357. The lowest BCUT2D eigenvalue weighted by Crippen LogP contribution is -2.63. The van der Waals surface area contributed by atoms with E-state index in [9.17, 15) is 32.3 Å². The van der Waals surface area contributed by atoms with Gasteiger partial charge in [0.2, 0.25) is 12.4 Å². The molecular formula is C21H22BrF3O10. The van der Waals surface area contributed by atoms with E-state index in [4.69, 9.17) is 28.4 Å². The number of ether oxygens (including phenoxy) is 6. The molecule has 5 atom stereocenters. The Hall–Kier alpha value is -2.87. The van der Waals surface area contributed by atoms with E-state index in [2.05, 4.69) is 15.9 Å². The van der Waals surface area contributed by atoms with Gasteiger partial charge < -0.3 is 28.4 Å². The second kappa shape index (κ2) is 11.7. The molecule has 0 spiro atoms. The summed E-state index contributed by atoms with van der Waals surface area (Å²) in [4.78, 5) is 46.7. The molecule has 1 aliphatic heterocycles. The van der Waals surface area contributed by atoms with Gasteiger partial charge in [-0.3, -0.25) is 19.2 Å². The first kappa shape index (κ1) is 28.4. The van der Waals surface area contributed by atoms with Crippen LogP contribution in [0.4, 0.5) is 13.2 Å². The lowest BCUT2D eigenvalue weighted by Gasteiger charge is -2.44. The van der Waals surface area contributed by atoms with Gasteiger partial charge in [-0.05, 0) is 18.2 Å². The summed E-state index contributed by atoms with van der Waals surface area (Å²) in [5.41, 5.74) is -1.18. The number of carbonyl (C=O) groups excluding carboxylic acids is 4. The van der Waals surface area contributed by atoms with Gasteiger partial charge in [-0.15, -0.1) is 0 Å². The van der Waals surface area contributed by atoms with Crippen LogP contribution in [0.1, 0.15) is 33.3 Å². The van der Waals surface area contributed by atoms with Crippen molar-refractivity contribution < 1.29 is 60.8 Å². The highest BCUT2D eigenvalue weighted by Gasteiger charge is 2.53. The van der Waals surface area contributed by atoms with E-state index in [0.29, 0.717) is 0 Å². The van der Waals surface area contributed by atoms with E-state index in [1.807, 2.05) is 0 Å². The molecule has 1 aromatic carbocycles. The zero-order valence-electron chi connectivity index (χ0n) is 18.9. The fourth-order valence-electron chi connectivity index (χ4n) is 3.24. The van der Waals surface area contributed by atoms with Gasteiger partial charge in [0.05, 0.1) is 5.56 Å². The predicted molar refractivity (Wildman–Crippen MR) is 112 cm³/mol. The minimum absolute atomic E-state index is 0.110. The highest BCUT2D eigenvalue weighted by molar-refractivity contribution is 9.10. The Labute approximate surface area is 206 Å². The Balaban J connectivity index is 2.56. The number of hydrogen-bond acceptors (Lipinski definition) is 10. The van der Waals surface area contributed by atoms with Crippen LogP contribution in [-0.4, -0.2) is 61.2 Å². The first-order chi connectivity index (χ1) is 16.2. The molecule has 0 unspecified atom stereocenters.